The first-order valence-electron chi connectivity index (χ1n) is 6.39. The van der Waals surface area contributed by atoms with Crippen molar-refractivity contribution in [2.75, 3.05) is 5.73 Å². The fraction of sp³-hybridized carbons (Fsp3) is 0.0625. The average Bonchev–Trinajstić information content (AvgIpc) is 2.46. The van der Waals surface area contributed by atoms with Crippen LogP contribution in [-0.2, 0) is 4.79 Å². The maximum atomic E-state index is 11.5. The Kier molecular flexibility index (Phi) is 2.15. The van der Waals surface area contributed by atoms with E-state index in [0.29, 0.717) is 12.1 Å². The van der Waals surface area contributed by atoms with Gasteiger partial charge in [0.15, 0.2) is 5.78 Å². The van der Waals surface area contributed by atoms with Gasteiger partial charge >= 0.3 is 0 Å². The Bertz CT molecular complexity index is 1010. The first-order valence-corrected chi connectivity index (χ1v) is 6.39. The molecule has 0 saturated carbocycles. The van der Waals surface area contributed by atoms with E-state index in [2.05, 4.69) is 16.0 Å². The van der Waals surface area contributed by atoms with Gasteiger partial charge in [-0.2, -0.15) is 0 Å². The molecular weight excluding hydrogens is 250 g/mol. The number of anilines is 1. The van der Waals surface area contributed by atoms with Crippen molar-refractivity contribution in [3.8, 4) is 0 Å². The molecule has 0 spiro atoms. The van der Waals surface area contributed by atoms with Gasteiger partial charge in [0.1, 0.15) is 6.33 Å². The number of ketones is 1. The highest BCUT2D eigenvalue weighted by Gasteiger charge is 2.08. The zero-order valence-electron chi connectivity index (χ0n) is 10.6. The molecule has 0 radical (unpaired) electrons. The number of Topliss-reactive ketones (excluding diaryl/α,β-unsaturated/α-hetero) is 1. The highest BCUT2D eigenvalue weighted by molar-refractivity contribution is 6.13. The minimum Gasteiger partial charge on any atom is -0.398 e. The van der Waals surface area contributed by atoms with Gasteiger partial charge in [0.05, 0.1) is 5.52 Å². The van der Waals surface area contributed by atoms with Gasteiger partial charge in [0.25, 0.3) is 0 Å². The van der Waals surface area contributed by atoms with Gasteiger partial charge in [-0.3, -0.25) is 4.79 Å². The summed E-state index contributed by atoms with van der Waals surface area (Å²) in [5.41, 5.74) is 7.62. The second-order valence-electron chi connectivity index (χ2n) is 4.97. The molecule has 0 fully saturated rings. The maximum Gasteiger partial charge on any atom is 0.160 e. The molecule has 1 aliphatic carbocycles. The summed E-state index contributed by atoms with van der Waals surface area (Å²) < 4.78 is 0. The molecule has 1 heterocycles. The number of benzene rings is 2. The third-order valence-electron chi connectivity index (χ3n) is 3.70. The van der Waals surface area contributed by atoms with Crippen LogP contribution < -0.4 is 16.2 Å². The van der Waals surface area contributed by atoms with E-state index in [1.165, 1.54) is 6.33 Å². The fourth-order valence-electron chi connectivity index (χ4n) is 2.73. The molecule has 20 heavy (non-hydrogen) atoms. The predicted octanol–water partition coefficient (Wildman–Crippen LogP) is 0.899. The van der Waals surface area contributed by atoms with Crippen LogP contribution in [0.5, 0.6) is 0 Å². The van der Waals surface area contributed by atoms with Gasteiger partial charge in [-0.05, 0) is 40.1 Å². The van der Waals surface area contributed by atoms with Gasteiger partial charge in [0, 0.05) is 29.1 Å². The summed E-state index contributed by atoms with van der Waals surface area (Å²) in [6.07, 6.45) is 7.41. The Labute approximate surface area is 114 Å². The number of hydrogen-bond acceptors (Lipinski definition) is 4. The number of carbonyl (C=O) groups is 1. The first kappa shape index (κ1) is 11.1. The van der Waals surface area contributed by atoms with Gasteiger partial charge < -0.3 is 5.73 Å². The predicted molar refractivity (Wildman–Crippen MR) is 79.3 cm³/mol. The second kappa shape index (κ2) is 3.87. The Balaban J connectivity index is 2.27. The number of nitrogen functional groups attached to an aromatic ring is 1. The van der Waals surface area contributed by atoms with Crippen LogP contribution in [-0.4, -0.2) is 15.8 Å². The van der Waals surface area contributed by atoms with Crippen LogP contribution in [0.2, 0.25) is 0 Å². The van der Waals surface area contributed by atoms with E-state index in [0.717, 1.165) is 32.1 Å². The van der Waals surface area contributed by atoms with Crippen LogP contribution in [0.25, 0.3) is 33.8 Å². The third kappa shape index (κ3) is 1.51. The van der Waals surface area contributed by atoms with Crippen molar-refractivity contribution in [2.24, 2.45) is 0 Å². The molecule has 1 aliphatic rings. The minimum atomic E-state index is 0.125. The third-order valence-corrected chi connectivity index (χ3v) is 3.70. The second-order valence-corrected chi connectivity index (χ2v) is 4.97. The number of fused-ring (bicyclic) bond motifs is 4. The molecular formula is C16H11N3O. The van der Waals surface area contributed by atoms with E-state index in [-0.39, 0.29) is 5.78 Å². The summed E-state index contributed by atoms with van der Waals surface area (Å²) in [7, 11) is 0. The first-order chi connectivity index (χ1) is 9.72. The summed E-state index contributed by atoms with van der Waals surface area (Å²) in [6, 6.07) is 5.88. The largest absolute Gasteiger partial charge is 0.398 e. The number of nitrogens with zero attached hydrogens (tertiary/aromatic N) is 2. The van der Waals surface area contributed by atoms with Gasteiger partial charge in [-0.15, -0.1) is 0 Å². The van der Waals surface area contributed by atoms with E-state index < -0.39 is 0 Å². The highest BCUT2D eigenvalue weighted by Crippen LogP contribution is 2.26. The van der Waals surface area contributed by atoms with E-state index >= 15 is 0 Å². The molecule has 0 atom stereocenters. The molecule has 4 heteroatoms. The average molecular weight is 261 g/mol. The Morgan fingerprint density at radius 3 is 2.80 bits per heavy atom. The molecule has 4 nitrogen and oxygen atoms in total. The van der Waals surface area contributed by atoms with Crippen molar-refractivity contribution in [3.63, 3.8) is 0 Å². The number of hydrogen-bond donors (Lipinski definition) is 1. The van der Waals surface area contributed by atoms with E-state index in [9.17, 15) is 4.79 Å². The zero-order chi connectivity index (χ0) is 13.7. The van der Waals surface area contributed by atoms with E-state index in [1.54, 1.807) is 12.3 Å². The molecule has 3 aromatic rings. The Morgan fingerprint density at radius 1 is 1.05 bits per heavy atom. The van der Waals surface area contributed by atoms with Crippen LogP contribution in [0.15, 0.2) is 30.7 Å². The smallest absolute Gasteiger partial charge is 0.160 e. The van der Waals surface area contributed by atoms with Crippen LogP contribution >= 0.6 is 0 Å². The van der Waals surface area contributed by atoms with Crippen molar-refractivity contribution in [1.29, 1.82) is 0 Å². The monoisotopic (exact) mass is 261 g/mol. The molecule has 0 bridgehead atoms. The van der Waals surface area contributed by atoms with Crippen molar-refractivity contribution in [2.45, 2.75) is 6.42 Å². The molecule has 0 unspecified atom stereocenters. The quantitative estimate of drug-likeness (QED) is 0.482. The molecule has 0 aliphatic heterocycles. The lowest BCUT2D eigenvalue weighted by molar-refractivity contribution is -0.112. The van der Waals surface area contributed by atoms with E-state index in [4.69, 9.17) is 5.73 Å². The van der Waals surface area contributed by atoms with E-state index in [1.807, 2.05) is 18.2 Å². The van der Waals surface area contributed by atoms with Crippen LogP contribution in [0.4, 0.5) is 5.69 Å². The van der Waals surface area contributed by atoms with Crippen molar-refractivity contribution in [3.05, 3.63) is 41.2 Å². The molecule has 2 aromatic carbocycles. The van der Waals surface area contributed by atoms with Gasteiger partial charge in [-0.25, -0.2) is 9.97 Å². The number of aromatic nitrogens is 2. The molecule has 1 aromatic heterocycles. The normalized spacial score (nSPS) is 13.9. The highest BCUT2D eigenvalue weighted by atomic mass is 16.1. The van der Waals surface area contributed by atoms with Crippen molar-refractivity contribution >= 4 is 45.3 Å². The topological polar surface area (TPSA) is 68.9 Å². The fourth-order valence-corrected chi connectivity index (χ4v) is 2.73. The summed E-state index contributed by atoms with van der Waals surface area (Å²) >= 11 is 0. The summed E-state index contributed by atoms with van der Waals surface area (Å²) in [4.78, 5) is 19.9. The molecule has 2 N–H and O–H groups in total. The van der Waals surface area contributed by atoms with Crippen LogP contribution in [0.3, 0.4) is 0 Å². The van der Waals surface area contributed by atoms with Gasteiger partial charge in [-0.1, -0.05) is 6.08 Å². The standard InChI is InChI=1S/C16H11N3O/c17-15-6-16-14(7-18-8-19-16)12-4-9-1-2-11(20)3-10(9)5-13(12)15/h1,3-8H,2,17H2. The maximum absolute atomic E-state index is 11.5. The van der Waals surface area contributed by atoms with Crippen LogP contribution in [0.1, 0.15) is 6.42 Å². The summed E-state index contributed by atoms with van der Waals surface area (Å²) in [6.45, 7) is 0. The summed E-state index contributed by atoms with van der Waals surface area (Å²) in [5.74, 6) is 0.125. The SMILES string of the molecule is Nc1cc2ncncc2c2cc3c(cc12)=CC(=O)CC=3. The Morgan fingerprint density at radius 2 is 1.90 bits per heavy atom. The number of nitrogens with two attached hydrogens (primary N) is 1. The Hall–Kier alpha value is -2.75. The number of rotatable bonds is 0. The molecule has 0 amide bonds. The van der Waals surface area contributed by atoms with Gasteiger partial charge in [0.2, 0.25) is 0 Å². The molecule has 0 saturated heterocycles. The minimum absolute atomic E-state index is 0.125. The van der Waals surface area contributed by atoms with Crippen molar-refractivity contribution in [1.82, 2.24) is 9.97 Å². The summed E-state index contributed by atoms with van der Waals surface area (Å²) in [5, 5.41) is 4.93. The van der Waals surface area contributed by atoms with Crippen LogP contribution in [0, 0.1) is 0 Å². The molecule has 4 rings (SSSR count). The number of carbonyl (C=O) groups excluding carboxylic acids is 1. The lowest BCUT2D eigenvalue weighted by Gasteiger charge is -2.08. The van der Waals surface area contributed by atoms with Crippen molar-refractivity contribution < 1.29 is 4.79 Å². The lowest BCUT2D eigenvalue weighted by atomic mass is 9.99. The lowest BCUT2D eigenvalue weighted by Crippen LogP contribution is -2.29. The zero-order valence-corrected chi connectivity index (χ0v) is 10.6. The molecule has 96 valence electrons.